The van der Waals surface area contributed by atoms with Gasteiger partial charge in [0, 0.05) is 29.7 Å². The number of amidine groups is 1. The summed E-state index contributed by atoms with van der Waals surface area (Å²) in [6, 6.07) is 5.01. The molecule has 7 nitrogen and oxygen atoms in total. The highest BCUT2D eigenvalue weighted by atomic mass is 79.9. The third kappa shape index (κ3) is 4.40. The van der Waals surface area contributed by atoms with Crippen molar-refractivity contribution in [3.8, 4) is 0 Å². The summed E-state index contributed by atoms with van der Waals surface area (Å²) in [5.74, 6) is -0.835. The second-order valence-electron chi connectivity index (χ2n) is 9.00. The Hall–Kier alpha value is -2.86. The van der Waals surface area contributed by atoms with E-state index in [2.05, 4.69) is 31.2 Å². The molecule has 0 bridgehead atoms. The van der Waals surface area contributed by atoms with Crippen LogP contribution in [-0.4, -0.2) is 48.2 Å². The van der Waals surface area contributed by atoms with Crippen LogP contribution in [0.25, 0.3) is 0 Å². The number of carbonyl (C=O) groups is 2. The lowest BCUT2D eigenvalue weighted by Crippen LogP contribution is -2.49. The number of nitrogens with zero attached hydrogens (tertiary/aromatic N) is 3. The van der Waals surface area contributed by atoms with Crippen molar-refractivity contribution in [1.29, 1.82) is 0 Å². The number of halogens is 5. The standard InChI is InChI=1S/C24H21BrF4N4O3/c25-13-10-16(26)15(12-34)17(11-13)33-7-5-23(6-8-33)22(35)31-21(32-23)14-3-4-19(24(27,28)29)30-20(14)18-2-1-9-36-18/h3-4,10-12,18H,1-2,5-9H2,(H,31,32,35). The number of hydrogen-bond acceptors (Lipinski definition) is 6. The third-order valence-electron chi connectivity index (χ3n) is 6.81. The molecule has 1 aromatic carbocycles. The van der Waals surface area contributed by atoms with Crippen LogP contribution in [0.5, 0.6) is 0 Å². The Morgan fingerprint density at radius 2 is 1.97 bits per heavy atom. The molecular formula is C24H21BrF4N4O3. The molecular weight excluding hydrogens is 548 g/mol. The summed E-state index contributed by atoms with van der Waals surface area (Å²) in [6.45, 7) is 1.06. The van der Waals surface area contributed by atoms with Gasteiger partial charge in [-0.05, 0) is 49.9 Å². The van der Waals surface area contributed by atoms with E-state index < -0.39 is 29.3 Å². The normalized spacial score (nSPS) is 21.6. The Morgan fingerprint density at radius 1 is 1.22 bits per heavy atom. The lowest BCUT2D eigenvalue weighted by Gasteiger charge is -2.37. The fourth-order valence-electron chi connectivity index (χ4n) is 4.92. The van der Waals surface area contributed by atoms with Crippen LogP contribution >= 0.6 is 15.9 Å². The van der Waals surface area contributed by atoms with Gasteiger partial charge in [-0.2, -0.15) is 13.2 Å². The number of benzene rings is 1. The van der Waals surface area contributed by atoms with Gasteiger partial charge >= 0.3 is 6.18 Å². The first-order valence-electron chi connectivity index (χ1n) is 11.4. The molecule has 3 aliphatic rings. The molecule has 1 amide bonds. The topological polar surface area (TPSA) is 83.9 Å². The second-order valence-corrected chi connectivity index (χ2v) is 9.92. The molecule has 190 valence electrons. The number of piperidine rings is 1. The van der Waals surface area contributed by atoms with Crippen LogP contribution in [0.15, 0.2) is 33.7 Å². The number of anilines is 1. The largest absolute Gasteiger partial charge is 0.433 e. The fourth-order valence-corrected chi connectivity index (χ4v) is 5.34. The maximum absolute atomic E-state index is 14.3. The SMILES string of the molecule is O=Cc1c(F)cc(Br)cc1N1CCC2(CC1)N=C(c1ccc(C(F)(F)F)nc1C1CCCO1)NC2=O. The Bertz CT molecular complexity index is 1250. The van der Waals surface area contributed by atoms with Crippen molar-refractivity contribution in [3.63, 3.8) is 0 Å². The van der Waals surface area contributed by atoms with Crippen molar-refractivity contribution < 1.29 is 31.9 Å². The zero-order chi connectivity index (χ0) is 25.7. The molecule has 1 aromatic heterocycles. The van der Waals surface area contributed by atoms with Crippen molar-refractivity contribution in [2.45, 2.75) is 43.5 Å². The van der Waals surface area contributed by atoms with E-state index in [-0.39, 0.29) is 35.8 Å². The van der Waals surface area contributed by atoms with Crippen molar-refractivity contribution in [1.82, 2.24) is 10.3 Å². The number of carbonyl (C=O) groups excluding carboxylic acids is 2. The van der Waals surface area contributed by atoms with Crippen LogP contribution in [0.3, 0.4) is 0 Å². The summed E-state index contributed by atoms with van der Waals surface area (Å²) in [7, 11) is 0. The minimum atomic E-state index is -4.62. The number of amides is 1. The van der Waals surface area contributed by atoms with Gasteiger partial charge < -0.3 is 15.0 Å². The van der Waals surface area contributed by atoms with E-state index in [1.165, 1.54) is 12.1 Å². The molecule has 36 heavy (non-hydrogen) atoms. The zero-order valence-electron chi connectivity index (χ0n) is 18.9. The Labute approximate surface area is 212 Å². The molecule has 1 unspecified atom stereocenters. The lowest BCUT2D eigenvalue weighted by atomic mass is 9.87. The van der Waals surface area contributed by atoms with Gasteiger partial charge in [-0.1, -0.05) is 15.9 Å². The number of nitrogens with one attached hydrogen (secondary N) is 1. The molecule has 12 heteroatoms. The van der Waals surface area contributed by atoms with E-state index in [1.54, 1.807) is 6.07 Å². The highest BCUT2D eigenvalue weighted by Crippen LogP contribution is 2.38. The Morgan fingerprint density at radius 3 is 2.61 bits per heavy atom. The fraction of sp³-hybridized carbons (Fsp3) is 0.417. The van der Waals surface area contributed by atoms with E-state index >= 15 is 0 Å². The minimum Gasteiger partial charge on any atom is -0.372 e. The molecule has 3 aliphatic heterocycles. The first kappa shape index (κ1) is 24.8. The molecule has 2 aromatic rings. The van der Waals surface area contributed by atoms with Crippen LogP contribution in [0.4, 0.5) is 23.2 Å². The Balaban J connectivity index is 1.44. The number of aldehydes is 1. The van der Waals surface area contributed by atoms with E-state index in [9.17, 15) is 27.2 Å². The predicted octanol–water partition coefficient (Wildman–Crippen LogP) is 4.58. The summed E-state index contributed by atoms with van der Waals surface area (Å²) in [4.78, 5) is 34.9. The third-order valence-corrected chi connectivity index (χ3v) is 7.26. The highest BCUT2D eigenvalue weighted by molar-refractivity contribution is 9.10. The van der Waals surface area contributed by atoms with Gasteiger partial charge in [0.2, 0.25) is 0 Å². The van der Waals surface area contributed by atoms with Crippen molar-refractivity contribution in [2.75, 3.05) is 24.6 Å². The summed E-state index contributed by atoms with van der Waals surface area (Å²) < 4.78 is 60.4. The first-order chi connectivity index (χ1) is 17.1. The van der Waals surface area contributed by atoms with Gasteiger partial charge in [-0.3, -0.25) is 14.6 Å². The van der Waals surface area contributed by atoms with Crippen molar-refractivity contribution in [3.05, 3.63) is 57.1 Å². The van der Waals surface area contributed by atoms with Crippen LogP contribution in [0.1, 0.15) is 59.1 Å². The van der Waals surface area contributed by atoms with E-state index in [0.717, 1.165) is 6.07 Å². The molecule has 2 fully saturated rings. The smallest absolute Gasteiger partial charge is 0.372 e. The number of ether oxygens (including phenoxy) is 1. The number of rotatable bonds is 4. The summed E-state index contributed by atoms with van der Waals surface area (Å²) in [6.07, 6.45) is -3.01. The van der Waals surface area contributed by atoms with E-state index in [0.29, 0.717) is 54.5 Å². The van der Waals surface area contributed by atoms with Crippen molar-refractivity contribution in [2.24, 2.45) is 4.99 Å². The molecule has 0 saturated carbocycles. The quantitative estimate of drug-likeness (QED) is 0.431. The number of aromatic nitrogens is 1. The average Bonchev–Trinajstić information content (AvgIpc) is 3.47. The van der Waals surface area contributed by atoms with Gasteiger partial charge in [0.25, 0.3) is 5.91 Å². The summed E-state index contributed by atoms with van der Waals surface area (Å²) >= 11 is 3.24. The number of hydrogen-bond donors (Lipinski definition) is 1. The summed E-state index contributed by atoms with van der Waals surface area (Å²) in [5.41, 5.74) is -1.38. The Kier molecular flexibility index (Phi) is 6.36. The predicted molar refractivity (Wildman–Crippen MR) is 126 cm³/mol. The summed E-state index contributed by atoms with van der Waals surface area (Å²) in [5, 5.41) is 2.74. The molecule has 4 heterocycles. The maximum atomic E-state index is 14.3. The molecule has 0 radical (unpaired) electrons. The highest BCUT2D eigenvalue weighted by Gasteiger charge is 2.47. The number of aliphatic imine (C=N–C) groups is 1. The van der Waals surface area contributed by atoms with Crippen LogP contribution < -0.4 is 10.2 Å². The second kappa shape index (κ2) is 9.22. The molecule has 2 saturated heterocycles. The average molecular weight is 569 g/mol. The maximum Gasteiger partial charge on any atom is 0.433 e. The van der Waals surface area contributed by atoms with Gasteiger partial charge in [-0.15, -0.1) is 0 Å². The monoisotopic (exact) mass is 568 g/mol. The van der Waals surface area contributed by atoms with Crippen LogP contribution in [0, 0.1) is 5.82 Å². The molecule has 1 N–H and O–H groups in total. The van der Waals surface area contributed by atoms with E-state index in [1.807, 2.05) is 4.90 Å². The first-order valence-corrected chi connectivity index (χ1v) is 12.2. The zero-order valence-corrected chi connectivity index (χ0v) is 20.5. The van der Waals surface area contributed by atoms with Crippen molar-refractivity contribution >= 4 is 39.6 Å². The molecule has 1 atom stereocenters. The minimum absolute atomic E-state index is 0.0637. The molecule has 5 rings (SSSR count). The van der Waals surface area contributed by atoms with E-state index in [4.69, 9.17) is 4.74 Å². The van der Waals surface area contributed by atoms with Crippen LogP contribution in [0.2, 0.25) is 0 Å². The number of alkyl halides is 3. The van der Waals surface area contributed by atoms with Gasteiger partial charge in [-0.25, -0.2) is 9.37 Å². The lowest BCUT2D eigenvalue weighted by molar-refractivity contribution is -0.141. The molecule has 0 aliphatic carbocycles. The van der Waals surface area contributed by atoms with Crippen LogP contribution in [-0.2, 0) is 15.7 Å². The van der Waals surface area contributed by atoms with Gasteiger partial charge in [0.05, 0.1) is 16.9 Å². The number of pyridine rings is 1. The van der Waals surface area contributed by atoms with Gasteiger partial charge in [0.1, 0.15) is 29.0 Å². The van der Waals surface area contributed by atoms with Gasteiger partial charge in [0.15, 0.2) is 6.29 Å². The molecule has 1 spiro atoms.